The van der Waals surface area contributed by atoms with Gasteiger partial charge < -0.3 is 54.8 Å². The van der Waals surface area contributed by atoms with Crippen LogP contribution in [0.1, 0.15) is 58.6 Å². The van der Waals surface area contributed by atoms with Crippen LogP contribution in [0.4, 0.5) is 17.1 Å². The van der Waals surface area contributed by atoms with Crippen molar-refractivity contribution in [2.24, 2.45) is 0 Å². The Labute approximate surface area is 818 Å². The molecule has 1 atom stereocenters. The number of aromatic amines is 5. The minimum Gasteiger partial charge on any atom is -0.481 e. The van der Waals surface area contributed by atoms with E-state index in [0.717, 1.165) is 27.6 Å². The number of aromatic nitrogens is 9. The summed E-state index contributed by atoms with van der Waals surface area (Å²) >= 11 is 0. The number of nitrogens with one attached hydrogen (secondary N) is 9. The van der Waals surface area contributed by atoms with Crippen LogP contribution < -0.4 is 72.2 Å². The van der Waals surface area contributed by atoms with Crippen molar-refractivity contribution in [3.63, 3.8) is 0 Å². The zero-order valence-electron chi connectivity index (χ0n) is 74.6. The molecule has 0 saturated carbocycles. The second kappa shape index (κ2) is 38.2. The summed E-state index contributed by atoms with van der Waals surface area (Å²) in [5.41, 5.74) is 9.68. The van der Waals surface area contributed by atoms with E-state index in [9.17, 15) is 104 Å². The second-order valence-corrected chi connectivity index (χ2v) is 39.7. The van der Waals surface area contributed by atoms with Crippen molar-refractivity contribution < 1.29 is 123 Å². The highest BCUT2D eigenvalue weighted by molar-refractivity contribution is 7.87. The van der Waals surface area contributed by atoms with Crippen LogP contribution >= 0.6 is 0 Å². The molecule has 5 aromatic heterocycles. The van der Waals surface area contributed by atoms with Crippen molar-refractivity contribution in [1.82, 2.24) is 51.1 Å². The molecule has 7 aliphatic rings. The Hall–Kier alpha value is -17.9. The Balaban J connectivity index is 0.000000114. The lowest BCUT2D eigenvalue weighted by Gasteiger charge is -2.33. The van der Waals surface area contributed by atoms with Crippen LogP contribution in [0.25, 0.3) is 121 Å². The normalized spacial score (nSPS) is 13.1. The second-order valence-electron chi connectivity index (χ2n) is 32.9. The quantitative estimate of drug-likeness (QED) is 0.0477. The summed E-state index contributed by atoms with van der Waals surface area (Å²) in [6, 6.07) is 57.2. The molecule has 0 spiro atoms. The van der Waals surface area contributed by atoms with Gasteiger partial charge in [-0.05, 0) is 187 Å². The summed E-state index contributed by atoms with van der Waals surface area (Å²) in [5.74, 6) is 1.30. The predicted molar refractivity (Wildman–Crippen MR) is 525 cm³/mol. The van der Waals surface area contributed by atoms with Gasteiger partial charge in [-0.2, -0.15) is 62.5 Å². The molecule has 0 saturated heterocycles. The van der Waals surface area contributed by atoms with Crippen LogP contribution in [-0.2, 0) is 70.0 Å². The first-order chi connectivity index (χ1) is 69.2. The Bertz CT molecular complexity index is 9520. The van der Waals surface area contributed by atoms with Crippen LogP contribution in [0.2, 0.25) is 0 Å². The number of fused-ring (bicyclic) bond motifs is 13. The van der Waals surface area contributed by atoms with Crippen molar-refractivity contribution in [3.05, 3.63) is 293 Å². The summed E-state index contributed by atoms with van der Waals surface area (Å²) in [6.07, 6.45) is 1.57. The van der Waals surface area contributed by atoms with Gasteiger partial charge in [0.15, 0.2) is 5.75 Å². The highest BCUT2D eigenvalue weighted by atomic mass is 32.2. The van der Waals surface area contributed by atoms with Gasteiger partial charge in [0.2, 0.25) is 11.8 Å². The smallest absolute Gasteiger partial charge is 0.357 e. The molecule has 740 valence electrons. The number of aryl methyl sites for hydroxylation is 1. The van der Waals surface area contributed by atoms with Gasteiger partial charge in [0.1, 0.15) is 73.7 Å². The van der Waals surface area contributed by atoms with E-state index in [-0.39, 0.29) is 97.3 Å². The number of H-pyrrole nitrogens is 5. The average Bonchev–Trinajstić information content (AvgIpc) is 1.72. The lowest BCUT2D eigenvalue weighted by Crippen LogP contribution is -2.36. The van der Waals surface area contributed by atoms with Gasteiger partial charge in [0, 0.05) is 104 Å². The number of carboxylic acids is 2. The SMILES string of the molecule is CS(=O)(=O)O.Cc1cc2c(c(S(=O)(=O)O)c1)Oc1cccc3c(=O)[nH]nc-2c13.O=C(O)CCC(=O)Nc1ccc2c(c1)-c1n[nH]c(=O)c3cccc(c13)O2.O=C(O)CCC(=O)Nc1ccc2c(c1)-c1n[nH]c(=O)c3cccc-2c13.O=C1NCC2c3cc(S(=O)(=O)O)ccc3Oc3cccc1c32.O=c1[nH]cc2c3c(cccc13)Oc1ccc(S(=O)(=O)O)cc1-2.O=c1[nH]nc2c3c(cccc13)Oc1ccc(NS(=O)(=O)O)cc1-2. The van der Waals surface area contributed by atoms with E-state index in [2.05, 4.69) is 61.7 Å². The number of nitrogens with zero attached hydrogens (tertiary/aromatic N) is 4. The number of rotatable bonds is 13. The van der Waals surface area contributed by atoms with Gasteiger partial charge in [-0.3, -0.25) is 75.4 Å². The molecule has 24 rings (SSSR count). The molecule has 12 aromatic carbocycles. The predicted octanol–water partition coefficient (Wildman–Crippen LogP) is 13.0. The number of carbonyl (C=O) groups excluding carboxylic acids is 3. The third kappa shape index (κ3) is 20.0. The van der Waals surface area contributed by atoms with Crippen molar-refractivity contribution in [2.75, 3.05) is 28.2 Å². The maximum absolute atomic E-state index is 12.0. The van der Waals surface area contributed by atoms with E-state index < -0.39 is 68.6 Å². The Morgan fingerprint density at radius 2 is 0.774 bits per heavy atom. The standard InChI is InChI=1S/C18H13N3O5.C18H13N3O4.C15H10N2O5S.C15H11NO5S.C15H9NO5S.C14H9N3O5S.CH4O3S/c22-14(6-7-15(23)24)19-9-4-5-12-11(8-9)17-16-10(18(25)21-20-17)2-1-3-13(16)26-12;22-14(6-7-15(23)24)19-9-4-5-10-11-2-1-3-12-16(11)17(13(10)8-9)20-21-18(12)25;1-7-5-9-13-12-8(15(18)17-16-13)3-2-4-10(12)22-14(9)11(6-7)23(19,20)21;2*17-15-9-2-1-3-13-14(9)11(7-16-15)10-6-8(22(18,19)20)4-5-12(10)21-13;18-14-8-2-1-3-11-12(8)13(15-16-14)9-6-7(17-23(19,20)21)4-5-10(9)22-11;1-5(2,3)4/h1-5,8H,6-7H2,(H,19,22)(H,21,25)(H,23,24);1-5,8H,6-7H2,(H,19,22)(H,21,25)(H,23,24);2-6H,1H3,(H,17,18)(H,19,20,21);1-6,11H,7H2,(H,16,17)(H,18,19,20);1-7H,(H,16,17)(H,18,19,20);1-6,17H,(H,16,18)(H,19,20,21);1H3,(H,2,3,4). The van der Waals surface area contributed by atoms with E-state index in [1.165, 1.54) is 60.8 Å². The summed E-state index contributed by atoms with van der Waals surface area (Å²) in [5, 5.41) is 57.1. The van der Waals surface area contributed by atoms with Crippen molar-refractivity contribution in [2.45, 2.75) is 53.2 Å². The Kier molecular flexibility index (Phi) is 25.7. The van der Waals surface area contributed by atoms with Gasteiger partial charge in [-0.1, -0.05) is 48.5 Å². The van der Waals surface area contributed by atoms with E-state index >= 15 is 0 Å². The maximum atomic E-state index is 12.0. The molecule has 146 heavy (non-hydrogen) atoms. The molecule has 0 fully saturated rings. The summed E-state index contributed by atoms with van der Waals surface area (Å²) in [7, 11) is -21.1. The Morgan fingerprint density at radius 3 is 1.28 bits per heavy atom. The van der Waals surface area contributed by atoms with Gasteiger partial charge in [0.05, 0.1) is 83.4 Å². The molecule has 11 heterocycles. The number of anilines is 3. The molecular formula is C96H69N13O32S5. The van der Waals surface area contributed by atoms with Crippen molar-refractivity contribution in [3.8, 4) is 125 Å². The molecule has 45 nitrogen and oxygen atoms in total. The molecule has 0 radical (unpaired) electrons. The lowest BCUT2D eigenvalue weighted by atomic mass is 9.82. The number of carbonyl (C=O) groups is 5. The van der Waals surface area contributed by atoms with Gasteiger partial charge in [-0.25, -0.2) is 20.4 Å². The fraction of sp³-hybridized carbons (Fsp3) is 0.0833. The minimum atomic E-state index is -4.47. The maximum Gasteiger partial charge on any atom is 0.357 e. The van der Waals surface area contributed by atoms with Gasteiger partial charge >= 0.3 is 22.2 Å². The molecule has 17 aromatic rings. The first-order valence-electron chi connectivity index (χ1n) is 42.8. The third-order valence-corrected chi connectivity index (χ3v) is 26.2. The van der Waals surface area contributed by atoms with Gasteiger partial charge in [-0.15, -0.1) is 0 Å². The number of hydrogen-bond acceptors (Lipinski definition) is 29. The van der Waals surface area contributed by atoms with E-state index in [0.29, 0.717) is 192 Å². The first-order valence-corrected chi connectivity index (χ1v) is 50.4. The highest BCUT2D eigenvalue weighted by Gasteiger charge is 2.38. The Morgan fingerprint density at radius 1 is 0.370 bits per heavy atom. The van der Waals surface area contributed by atoms with Crippen LogP contribution in [0.3, 0.4) is 0 Å². The average molecular weight is 2080 g/mol. The van der Waals surface area contributed by atoms with Crippen molar-refractivity contribution in [1.29, 1.82) is 0 Å². The molecule has 1 aliphatic carbocycles. The van der Waals surface area contributed by atoms with E-state index in [4.69, 9.17) is 43.0 Å². The van der Waals surface area contributed by atoms with Crippen LogP contribution in [-0.4, -0.2) is 163 Å². The molecule has 3 amide bonds. The molecule has 50 heteroatoms. The van der Waals surface area contributed by atoms with Crippen molar-refractivity contribution >= 4 is 151 Å². The van der Waals surface area contributed by atoms with E-state index in [1.807, 2.05) is 22.9 Å². The number of carboxylic acid groups (broad SMARTS) is 2. The topological polar surface area (TPSA) is 708 Å². The lowest BCUT2D eigenvalue weighted by molar-refractivity contribution is -0.138. The number of ether oxygens (including phenoxy) is 5. The molecule has 0 bridgehead atoms. The fourth-order valence-electron chi connectivity index (χ4n) is 17.1. The molecule has 16 N–H and O–H groups in total. The number of hydrogen-bond donors (Lipinski definition) is 16. The number of pyridine rings is 1. The third-order valence-electron chi connectivity index (χ3n) is 23.2. The van der Waals surface area contributed by atoms with Gasteiger partial charge in [0.25, 0.3) is 74.2 Å². The van der Waals surface area contributed by atoms with E-state index in [1.54, 1.807) is 146 Å². The number of amides is 3. The van der Waals surface area contributed by atoms with Crippen LogP contribution in [0.15, 0.2) is 257 Å². The molecule has 6 aliphatic heterocycles. The molecular weight excluding hydrogens is 2010 g/mol. The van der Waals surface area contributed by atoms with Crippen LogP contribution in [0.5, 0.6) is 57.5 Å². The molecule has 1 unspecified atom stereocenters. The zero-order chi connectivity index (χ0) is 104. The monoisotopic (exact) mass is 2080 g/mol. The number of benzene rings is 12. The summed E-state index contributed by atoms with van der Waals surface area (Å²) < 4.78 is 184. The fourth-order valence-corrected chi connectivity index (χ4v) is 19.3. The zero-order valence-corrected chi connectivity index (χ0v) is 78.6. The highest BCUT2D eigenvalue weighted by Crippen LogP contribution is 2.53. The van der Waals surface area contributed by atoms with Crippen LogP contribution in [0, 0.1) is 6.92 Å². The number of aliphatic carboxylic acids is 2. The first kappa shape index (κ1) is 98.3. The summed E-state index contributed by atoms with van der Waals surface area (Å²) in [4.78, 5) is 118. The minimum absolute atomic E-state index is 0.00218. The largest absolute Gasteiger partial charge is 0.481 e. The summed E-state index contributed by atoms with van der Waals surface area (Å²) in [6.45, 7) is 2.05.